The zero-order chi connectivity index (χ0) is 19.6. The van der Waals surface area contributed by atoms with Gasteiger partial charge in [-0.3, -0.25) is 14.9 Å². The molecule has 0 saturated carbocycles. The van der Waals surface area contributed by atoms with E-state index in [4.69, 9.17) is 9.47 Å². The first-order chi connectivity index (χ1) is 12.2. The molecule has 0 bridgehead atoms. The molecule has 0 fully saturated rings. The van der Waals surface area contributed by atoms with Gasteiger partial charge in [-0.2, -0.15) is 0 Å². The Balaban J connectivity index is 2.24. The standard InChI is InChI=1S/C19H28N2O5/c1-5-11-20-18(24)21-16(22)13-26-17(23)10-12-25-15-8-6-14(7-9-15)19(2,3)4/h6-9H,5,10-13H2,1-4H3,(H2,20,21,22,24). The molecule has 0 aliphatic heterocycles. The van der Waals surface area contributed by atoms with Crippen LogP contribution in [0.1, 0.15) is 46.1 Å². The smallest absolute Gasteiger partial charge is 0.321 e. The summed E-state index contributed by atoms with van der Waals surface area (Å²) < 4.78 is 10.3. The van der Waals surface area contributed by atoms with Gasteiger partial charge in [0.2, 0.25) is 0 Å². The number of nitrogens with one attached hydrogen (secondary N) is 2. The summed E-state index contributed by atoms with van der Waals surface area (Å²) >= 11 is 0. The van der Waals surface area contributed by atoms with Crippen LogP contribution in [0.2, 0.25) is 0 Å². The molecule has 0 unspecified atom stereocenters. The van der Waals surface area contributed by atoms with Crippen molar-refractivity contribution in [3.63, 3.8) is 0 Å². The highest BCUT2D eigenvalue weighted by Crippen LogP contribution is 2.24. The van der Waals surface area contributed by atoms with Gasteiger partial charge in [-0.05, 0) is 29.5 Å². The molecule has 2 N–H and O–H groups in total. The molecule has 1 aromatic rings. The van der Waals surface area contributed by atoms with Gasteiger partial charge in [0.05, 0.1) is 13.0 Å². The molecule has 7 nitrogen and oxygen atoms in total. The molecular formula is C19H28N2O5. The topological polar surface area (TPSA) is 93.7 Å². The minimum absolute atomic E-state index is 0.0103. The van der Waals surface area contributed by atoms with E-state index in [1.807, 2.05) is 31.2 Å². The van der Waals surface area contributed by atoms with E-state index in [0.29, 0.717) is 12.3 Å². The summed E-state index contributed by atoms with van der Waals surface area (Å²) in [5, 5.41) is 4.56. The summed E-state index contributed by atoms with van der Waals surface area (Å²) in [4.78, 5) is 34.3. The number of esters is 1. The number of imide groups is 1. The molecule has 0 aliphatic rings. The highest BCUT2D eigenvalue weighted by atomic mass is 16.5. The molecule has 3 amide bonds. The lowest BCUT2D eigenvalue weighted by atomic mass is 9.87. The number of hydrogen-bond donors (Lipinski definition) is 2. The molecule has 7 heteroatoms. The van der Waals surface area contributed by atoms with Gasteiger partial charge in [0.1, 0.15) is 5.75 Å². The van der Waals surface area contributed by atoms with Crippen LogP contribution in [0.4, 0.5) is 4.79 Å². The van der Waals surface area contributed by atoms with Crippen LogP contribution >= 0.6 is 0 Å². The Morgan fingerprint density at radius 1 is 1.08 bits per heavy atom. The van der Waals surface area contributed by atoms with Gasteiger partial charge in [-0.15, -0.1) is 0 Å². The fourth-order valence-corrected chi connectivity index (χ4v) is 1.97. The monoisotopic (exact) mass is 364 g/mol. The van der Waals surface area contributed by atoms with Crippen molar-refractivity contribution in [2.45, 2.75) is 46.0 Å². The molecule has 0 radical (unpaired) electrons. The molecule has 144 valence electrons. The predicted molar refractivity (Wildman–Crippen MR) is 98.0 cm³/mol. The Hall–Kier alpha value is -2.57. The molecule has 0 aromatic heterocycles. The fourth-order valence-electron chi connectivity index (χ4n) is 1.97. The largest absolute Gasteiger partial charge is 0.493 e. The highest BCUT2D eigenvalue weighted by Gasteiger charge is 2.13. The van der Waals surface area contributed by atoms with Crippen LogP contribution in [-0.2, 0) is 19.7 Å². The van der Waals surface area contributed by atoms with E-state index in [1.165, 1.54) is 5.56 Å². The van der Waals surface area contributed by atoms with Crippen LogP contribution in [0.5, 0.6) is 5.75 Å². The third-order valence-electron chi connectivity index (χ3n) is 3.45. The lowest BCUT2D eigenvalue weighted by molar-refractivity contribution is -0.148. The number of carbonyl (C=O) groups excluding carboxylic acids is 3. The summed E-state index contributed by atoms with van der Waals surface area (Å²) in [7, 11) is 0. The lowest BCUT2D eigenvalue weighted by Crippen LogP contribution is -2.41. The van der Waals surface area contributed by atoms with E-state index in [9.17, 15) is 14.4 Å². The van der Waals surface area contributed by atoms with Crippen molar-refractivity contribution >= 4 is 17.9 Å². The lowest BCUT2D eigenvalue weighted by Gasteiger charge is -2.19. The number of ether oxygens (including phenoxy) is 2. The molecule has 0 aliphatic carbocycles. The van der Waals surface area contributed by atoms with Gasteiger partial charge >= 0.3 is 12.0 Å². The van der Waals surface area contributed by atoms with Crippen molar-refractivity contribution < 1.29 is 23.9 Å². The van der Waals surface area contributed by atoms with Gasteiger partial charge in [0.15, 0.2) is 6.61 Å². The average molecular weight is 364 g/mol. The fraction of sp³-hybridized carbons (Fsp3) is 0.526. The predicted octanol–water partition coefficient (Wildman–Crippen LogP) is 2.53. The van der Waals surface area contributed by atoms with Gasteiger partial charge in [-0.25, -0.2) is 4.79 Å². The number of amides is 3. The van der Waals surface area contributed by atoms with E-state index >= 15 is 0 Å². The molecular weight excluding hydrogens is 336 g/mol. The quantitative estimate of drug-likeness (QED) is 0.692. The molecule has 1 aromatic carbocycles. The second kappa shape index (κ2) is 10.4. The Bertz CT molecular complexity index is 605. The molecule has 26 heavy (non-hydrogen) atoms. The Labute approximate surface area is 154 Å². The van der Waals surface area contributed by atoms with Gasteiger partial charge in [-0.1, -0.05) is 39.8 Å². The first-order valence-corrected chi connectivity index (χ1v) is 8.69. The summed E-state index contributed by atoms with van der Waals surface area (Å²) in [5.41, 5.74) is 1.26. The van der Waals surface area contributed by atoms with Crippen molar-refractivity contribution in [3.8, 4) is 5.75 Å². The Morgan fingerprint density at radius 2 is 1.73 bits per heavy atom. The molecule has 0 atom stereocenters. The number of urea groups is 1. The second-order valence-electron chi connectivity index (χ2n) is 6.84. The summed E-state index contributed by atoms with van der Waals surface area (Å²) in [6, 6.07) is 7.08. The van der Waals surface area contributed by atoms with Crippen LogP contribution in [0, 0.1) is 0 Å². The van der Waals surface area contributed by atoms with Gasteiger partial charge in [0.25, 0.3) is 5.91 Å². The number of benzene rings is 1. The van der Waals surface area contributed by atoms with Crippen LogP contribution in [-0.4, -0.2) is 37.7 Å². The molecule has 0 spiro atoms. The number of hydrogen-bond acceptors (Lipinski definition) is 5. The zero-order valence-corrected chi connectivity index (χ0v) is 15.9. The normalized spacial score (nSPS) is 10.8. The molecule has 0 heterocycles. The van der Waals surface area contributed by atoms with E-state index in [-0.39, 0.29) is 18.4 Å². The second-order valence-corrected chi connectivity index (χ2v) is 6.84. The third-order valence-corrected chi connectivity index (χ3v) is 3.45. The highest BCUT2D eigenvalue weighted by molar-refractivity contribution is 5.95. The number of rotatable bonds is 8. The minimum atomic E-state index is -0.675. The van der Waals surface area contributed by atoms with Crippen molar-refractivity contribution in [2.24, 2.45) is 0 Å². The van der Waals surface area contributed by atoms with E-state index < -0.39 is 24.5 Å². The SMILES string of the molecule is CCCNC(=O)NC(=O)COC(=O)CCOc1ccc(C(C)(C)C)cc1. The van der Waals surface area contributed by atoms with Crippen molar-refractivity contribution in [1.82, 2.24) is 10.6 Å². The minimum Gasteiger partial charge on any atom is -0.493 e. The van der Waals surface area contributed by atoms with E-state index in [0.717, 1.165) is 6.42 Å². The Kier molecular flexibility index (Phi) is 8.61. The summed E-state index contributed by atoms with van der Waals surface area (Å²) in [6.45, 7) is 8.39. The summed E-state index contributed by atoms with van der Waals surface area (Å²) in [5.74, 6) is -0.581. The van der Waals surface area contributed by atoms with Crippen molar-refractivity contribution in [2.75, 3.05) is 19.8 Å². The molecule has 0 saturated heterocycles. The first kappa shape index (κ1) is 21.5. The zero-order valence-electron chi connectivity index (χ0n) is 15.9. The average Bonchev–Trinajstić information content (AvgIpc) is 2.58. The Morgan fingerprint density at radius 3 is 2.31 bits per heavy atom. The van der Waals surface area contributed by atoms with Crippen molar-refractivity contribution in [1.29, 1.82) is 0 Å². The maximum atomic E-state index is 11.6. The first-order valence-electron chi connectivity index (χ1n) is 8.69. The third kappa shape index (κ3) is 8.50. The van der Waals surface area contributed by atoms with Crippen LogP contribution in [0.25, 0.3) is 0 Å². The van der Waals surface area contributed by atoms with Crippen molar-refractivity contribution in [3.05, 3.63) is 29.8 Å². The molecule has 1 rings (SSSR count). The van der Waals surface area contributed by atoms with E-state index in [1.54, 1.807) is 0 Å². The maximum absolute atomic E-state index is 11.6. The van der Waals surface area contributed by atoms with Crippen LogP contribution in [0.3, 0.4) is 0 Å². The maximum Gasteiger partial charge on any atom is 0.321 e. The van der Waals surface area contributed by atoms with E-state index in [2.05, 4.69) is 31.4 Å². The summed E-state index contributed by atoms with van der Waals surface area (Å²) in [6.07, 6.45) is 0.770. The van der Waals surface area contributed by atoms with Crippen LogP contribution < -0.4 is 15.4 Å². The van der Waals surface area contributed by atoms with Gasteiger partial charge in [0, 0.05) is 6.54 Å². The number of carbonyl (C=O) groups is 3. The van der Waals surface area contributed by atoms with Gasteiger partial charge < -0.3 is 14.8 Å². The van der Waals surface area contributed by atoms with Crippen LogP contribution in [0.15, 0.2) is 24.3 Å².